The third-order valence-electron chi connectivity index (χ3n) is 4.12. The topological polar surface area (TPSA) is 41.1 Å². The predicted molar refractivity (Wildman–Crippen MR) is 77.7 cm³/mol. The van der Waals surface area contributed by atoms with E-state index >= 15 is 0 Å². The molecule has 2 aliphatic rings. The Morgan fingerprint density at radius 2 is 1.89 bits per heavy atom. The molecule has 104 valence electrons. The molecule has 2 unspecified atom stereocenters. The van der Waals surface area contributed by atoms with Gasteiger partial charge in [0.25, 0.3) is 0 Å². The third-order valence-corrected chi connectivity index (χ3v) is 4.32. The maximum absolute atomic E-state index is 6.39. The number of nitrogens with zero attached hydrogens (tertiary/aromatic N) is 3. The van der Waals surface area contributed by atoms with E-state index in [2.05, 4.69) is 20.2 Å². The van der Waals surface area contributed by atoms with E-state index in [1.165, 1.54) is 0 Å². The molecule has 2 atom stereocenters. The Morgan fingerprint density at radius 1 is 1.26 bits per heavy atom. The van der Waals surface area contributed by atoms with Crippen LogP contribution in [0.4, 0.5) is 5.95 Å². The molecule has 0 amide bonds. The Bertz CT molecular complexity index is 471. The van der Waals surface area contributed by atoms with Gasteiger partial charge in [-0.15, -0.1) is 11.6 Å². The number of aryl methyl sites for hydroxylation is 1. The molecule has 0 aliphatic carbocycles. The predicted octanol–water partition coefficient (Wildman–Crippen LogP) is 1.91. The van der Waals surface area contributed by atoms with Crippen molar-refractivity contribution in [3.8, 4) is 0 Å². The summed E-state index contributed by atoms with van der Waals surface area (Å²) in [5.74, 6) is 2.34. The highest BCUT2D eigenvalue weighted by Crippen LogP contribution is 2.31. The maximum atomic E-state index is 6.39. The molecule has 0 spiro atoms. The number of hydrogen-bond acceptors (Lipinski definition) is 4. The van der Waals surface area contributed by atoms with Crippen molar-refractivity contribution in [3.05, 3.63) is 17.5 Å². The van der Waals surface area contributed by atoms with Gasteiger partial charge >= 0.3 is 0 Å². The van der Waals surface area contributed by atoms with Crippen LogP contribution in [-0.2, 0) is 4.87 Å². The Balaban J connectivity index is 1.87. The first-order chi connectivity index (χ1) is 8.93. The van der Waals surface area contributed by atoms with Gasteiger partial charge in [0.05, 0.1) is 10.6 Å². The molecule has 3 heterocycles. The Labute approximate surface area is 119 Å². The standard InChI is InChI=1S/C14H21ClN4/c1-9-4-12(14(2,3)15)18-13(17-9)19-7-10-5-16-6-11(10)8-19/h4,10-11,16H,5-8H2,1-3H3. The molecule has 0 aromatic carbocycles. The van der Waals surface area contributed by atoms with Crippen LogP contribution in [0.1, 0.15) is 25.2 Å². The normalized spacial score (nSPS) is 26.8. The molecule has 2 saturated heterocycles. The lowest BCUT2D eigenvalue weighted by Gasteiger charge is -2.21. The second kappa shape index (κ2) is 4.60. The first-order valence-corrected chi connectivity index (χ1v) is 7.32. The SMILES string of the molecule is Cc1cc(C(C)(C)Cl)nc(N2CC3CNCC3C2)n1. The minimum atomic E-state index is -0.445. The van der Waals surface area contributed by atoms with E-state index in [1.54, 1.807) is 0 Å². The molecule has 5 heteroatoms. The van der Waals surface area contributed by atoms with Gasteiger partial charge in [0.15, 0.2) is 0 Å². The minimum absolute atomic E-state index is 0.445. The van der Waals surface area contributed by atoms with Crippen LogP contribution >= 0.6 is 11.6 Å². The minimum Gasteiger partial charge on any atom is -0.340 e. The summed E-state index contributed by atoms with van der Waals surface area (Å²) in [5.41, 5.74) is 1.90. The zero-order chi connectivity index (χ0) is 13.6. The van der Waals surface area contributed by atoms with Crippen molar-refractivity contribution < 1.29 is 0 Å². The van der Waals surface area contributed by atoms with Gasteiger partial charge in [-0.1, -0.05) is 0 Å². The third kappa shape index (κ3) is 2.56. The van der Waals surface area contributed by atoms with E-state index in [0.29, 0.717) is 0 Å². The van der Waals surface area contributed by atoms with Crippen molar-refractivity contribution in [1.82, 2.24) is 15.3 Å². The lowest BCUT2D eigenvalue weighted by molar-refractivity contribution is 0.533. The molecular formula is C14H21ClN4. The zero-order valence-electron chi connectivity index (χ0n) is 11.8. The summed E-state index contributed by atoms with van der Waals surface area (Å²) < 4.78 is 0. The van der Waals surface area contributed by atoms with Crippen molar-refractivity contribution in [2.24, 2.45) is 11.8 Å². The Hall–Kier alpha value is -0.870. The molecule has 2 fully saturated rings. The van der Waals surface area contributed by atoms with E-state index in [0.717, 1.165) is 55.4 Å². The lowest BCUT2D eigenvalue weighted by atomic mass is 10.0. The summed E-state index contributed by atoms with van der Waals surface area (Å²) in [6.45, 7) is 10.3. The van der Waals surface area contributed by atoms with Crippen LogP contribution in [0.2, 0.25) is 0 Å². The van der Waals surface area contributed by atoms with Gasteiger partial charge < -0.3 is 10.2 Å². The average Bonchev–Trinajstić information content (AvgIpc) is 2.86. The number of nitrogens with one attached hydrogen (secondary N) is 1. The van der Waals surface area contributed by atoms with Gasteiger partial charge in [0, 0.05) is 31.9 Å². The summed E-state index contributed by atoms with van der Waals surface area (Å²) in [5, 5.41) is 3.45. The zero-order valence-corrected chi connectivity index (χ0v) is 12.5. The van der Waals surface area contributed by atoms with Gasteiger partial charge in [-0.3, -0.25) is 0 Å². The molecule has 2 aliphatic heterocycles. The van der Waals surface area contributed by atoms with Crippen LogP contribution in [0.15, 0.2) is 6.07 Å². The molecular weight excluding hydrogens is 260 g/mol. The fraction of sp³-hybridized carbons (Fsp3) is 0.714. The first-order valence-electron chi connectivity index (χ1n) is 6.94. The number of anilines is 1. The molecule has 0 radical (unpaired) electrons. The maximum Gasteiger partial charge on any atom is 0.225 e. The van der Waals surface area contributed by atoms with Gasteiger partial charge in [-0.05, 0) is 38.7 Å². The molecule has 1 aromatic rings. The van der Waals surface area contributed by atoms with Crippen molar-refractivity contribution in [2.75, 3.05) is 31.1 Å². The quantitative estimate of drug-likeness (QED) is 0.841. The van der Waals surface area contributed by atoms with Crippen LogP contribution in [0.3, 0.4) is 0 Å². The van der Waals surface area contributed by atoms with E-state index in [-0.39, 0.29) is 0 Å². The van der Waals surface area contributed by atoms with Gasteiger partial charge in [-0.25, -0.2) is 9.97 Å². The highest BCUT2D eigenvalue weighted by atomic mass is 35.5. The van der Waals surface area contributed by atoms with E-state index < -0.39 is 4.87 Å². The Kier molecular flexibility index (Phi) is 3.18. The van der Waals surface area contributed by atoms with Gasteiger partial charge in [0.2, 0.25) is 5.95 Å². The highest BCUT2D eigenvalue weighted by molar-refractivity contribution is 6.23. The monoisotopic (exact) mass is 280 g/mol. The fourth-order valence-electron chi connectivity index (χ4n) is 3.02. The molecule has 19 heavy (non-hydrogen) atoms. The van der Waals surface area contributed by atoms with Crippen molar-refractivity contribution in [3.63, 3.8) is 0 Å². The van der Waals surface area contributed by atoms with Gasteiger partial charge in [-0.2, -0.15) is 0 Å². The highest BCUT2D eigenvalue weighted by Gasteiger charge is 2.37. The van der Waals surface area contributed by atoms with E-state index in [1.807, 2.05) is 26.8 Å². The lowest BCUT2D eigenvalue weighted by Crippen LogP contribution is -2.28. The van der Waals surface area contributed by atoms with E-state index in [9.17, 15) is 0 Å². The van der Waals surface area contributed by atoms with E-state index in [4.69, 9.17) is 11.6 Å². The van der Waals surface area contributed by atoms with Crippen LogP contribution in [0.5, 0.6) is 0 Å². The fourth-order valence-corrected chi connectivity index (χ4v) is 3.11. The second-order valence-corrected chi connectivity index (χ2v) is 7.20. The summed E-state index contributed by atoms with van der Waals surface area (Å²) in [6, 6.07) is 1.98. The summed E-state index contributed by atoms with van der Waals surface area (Å²) in [6.07, 6.45) is 0. The largest absolute Gasteiger partial charge is 0.340 e. The summed E-state index contributed by atoms with van der Waals surface area (Å²) in [4.78, 5) is 11.1. The van der Waals surface area contributed by atoms with Crippen molar-refractivity contribution in [2.45, 2.75) is 25.6 Å². The molecule has 0 bridgehead atoms. The summed E-state index contributed by atoms with van der Waals surface area (Å²) >= 11 is 6.39. The number of aromatic nitrogens is 2. The average molecular weight is 281 g/mol. The molecule has 0 saturated carbocycles. The van der Waals surface area contributed by atoms with Crippen molar-refractivity contribution >= 4 is 17.5 Å². The molecule has 4 nitrogen and oxygen atoms in total. The molecule has 1 N–H and O–H groups in total. The number of hydrogen-bond donors (Lipinski definition) is 1. The van der Waals surface area contributed by atoms with Crippen LogP contribution < -0.4 is 10.2 Å². The van der Waals surface area contributed by atoms with Crippen LogP contribution in [0, 0.1) is 18.8 Å². The summed E-state index contributed by atoms with van der Waals surface area (Å²) in [7, 11) is 0. The molecule has 1 aromatic heterocycles. The van der Waals surface area contributed by atoms with Gasteiger partial charge in [0.1, 0.15) is 0 Å². The number of alkyl halides is 1. The second-order valence-electron chi connectivity index (χ2n) is 6.25. The van der Waals surface area contributed by atoms with Crippen LogP contribution in [0.25, 0.3) is 0 Å². The first kappa shape index (κ1) is 13.1. The number of rotatable bonds is 2. The van der Waals surface area contributed by atoms with Crippen molar-refractivity contribution in [1.29, 1.82) is 0 Å². The van der Waals surface area contributed by atoms with Crippen LogP contribution in [-0.4, -0.2) is 36.1 Å². The molecule has 3 rings (SSSR count). The number of halogens is 1. The number of fused-ring (bicyclic) bond motifs is 1. The Morgan fingerprint density at radius 3 is 2.47 bits per heavy atom. The smallest absolute Gasteiger partial charge is 0.225 e.